The molecular weight excluding hydrogens is 892 g/mol. The van der Waals surface area contributed by atoms with Crippen molar-refractivity contribution in [1.29, 1.82) is 0 Å². The maximum Gasteiger partial charge on any atom is 0.259 e. The molecular formula is C56H88Br2N2O2. The molecule has 6 heteroatoms. The van der Waals surface area contributed by atoms with Crippen LogP contribution in [0, 0.1) is 11.8 Å². The molecule has 0 saturated heterocycles. The van der Waals surface area contributed by atoms with Gasteiger partial charge >= 0.3 is 0 Å². The summed E-state index contributed by atoms with van der Waals surface area (Å²) in [6.45, 7) is 10.6. The van der Waals surface area contributed by atoms with Gasteiger partial charge < -0.3 is 9.80 Å². The number of halogens is 2. The minimum Gasteiger partial charge on any atom is -0.307 e. The number of nitrogens with zero attached hydrogens (tertiary/aromatic N) is 2. The molecule has 0 N–H and O–H groups in total. The van der Waals surface area contributed by atoms with Crippen molar-refractivity contribution in [2.75, 3.05) is 22.9 Å². The third-order valence-electron chi connectivity index (χ3n) is 14.0. The van der Waals surface area contributed by atoms with Crippen molar-refractivity contribution < 1.29 is 9.59 Å². The fraction of sp³-hybridized carbons (Fsp3) is 0.714. The van der Waals surface area contributed by atoms with Gasteiger partial charge in [0.25, 0.3) is 11.8 Å². The largest absolute Gasteiger partial charge is 0.307 e. The highest BCUT2D eigenvalue weighted by molar-refractivity contribution is 9.10. The van der Waals surface area contributed by atoms with E-state index in [1.54, 1.807) is 0 Å². The van der Waals surface area contributed by atoms with Gasteiger partial charge in [0.2, 0.25) is 0 Å². The van der Waals surface area contributed by atoms with Gasteiger partial charge in [0, 0.05) is 33.2 Å². The maximum absolute atomic E-state index is 15.1. The van der Waals surface area contributed by atoms with Crippen LogP contribution in [0.5, 0.6) is 0 Å². The quantitative estimate of drug-likeness (QED) is 0.0504. The first-order valence-electron chi connectivity index (χ1n) is 26.3. The van der Waals surface area contributed by atoms with Crippen molar-refractivity contribution in [2.24, 2.45) is 11.8 Å². The topological polar surface area (TPSA) is 40.6 Å². The number of carbonyl (C=O) groups excluding carboxylic acids is 2. The van der Waals surface area contributed by atoms with Crippen molar-refractivity contribution >= 4 is 66.2 Å². The van der Waals surface area contributed by atoms with Crippen molar-refractivity contribution in [2.45, 2.75) is 233 Å². The molecule has 62 heavy (non-hydrogen) atoms. The number of anilines is 2. The Labute approximate surface area is 397 Å². The van der Waals surface area contributed by atoms with Crippen molar-refractivity contribution in [1.82, 2.24) is 0 Å². The zero-order chi connectivity index (χ0) is 44.4. The van der Waals surface area contributed by atoms with E-state index in [1.807, 2.05) is 12.1 Å². The molecule has 2 amide bonds. The SMILES string of the molecule is CCCCCCCCCC[C@H](CCCCCCCC)CN1C(=O)/C(=C2/C(=O)N(C[C@@H](CCCCCCCC)CCCCCCCCCC)c3cc(Br)ccc32)c2ccc(Br)cc21. The minimum absolute atomic E-state index is 0.00334. The maximum atomic E-state index is 15.1. The summed E-state index contributed by atoms with van der Waals surface area (Å²) in [6, 6.07) is 12.5. The zero-order valence-electron chi connectivity index (χ0n) is 40.1. The number of unbranched alkanes of at least 4 members (excludes halogenated alkanes) is 24. The van der Waals surface area contributed by atoms with Gasteiger partial charge in [0.05, 0.1) is 22.5 Å². The van der Waals surface area contributed by atoms with E-state index in [9.17, 15) is 0 Å². The molecule has 0 unspecified atom stereocenters. The van der Waals surface area contributed by atoms with E-state index in [2.05, 4.69) is 93.6 Å². The number of hydrogen-bond acceptors (Lipinski definition) is 2. The monoisotopic (exact) mass is 979 g/mol. The number of benzene rings is 2. The average Bonchev–Trinajstić information content (AvgIpc) is 3.68. The predicted molar refractivity (Wildman–Crippen MR) is 277 cm³/mol. The lowest BCUT2D eigenvalue weighted by atomic mass is 9.93. The summed E-state index contributed by atoms with van der Waals surface area (Å²) in [4.78, 5) is 34.3. The Bertz CT molecular complexity index is 1500. The Hall–Kier alpha value is -1.92. The second-order valence-electron chi connectivity index (χ2n) is 19.3. The summed E-state index contributed by atoms with van der Waals surface area (Å²) in [5.41, 5.74) is 4.93. The van der Waals surface area contributed by atoms with E-state index in [0.29, 0.717) is 36.1 Å². The molecule has 2 aliphatic heterocycles. The number of amides is 2. The van der Waals surface area contributed by atoms with Gasteiger partial charge in [-0.3, -0.25) is 9.59 Å². The highest BCUT2D eigenvalue weighted by atomic mass is 79.9. The van der Waals surface area contributed by atoms with Gasteiger partial charge in [-0.2, -0.15) is 0 Å². The Morgan fingerprint density at radius 2 is 0.645 bits per heavy atom. The standard InChI is InChI=1S/C56H88Br2N2O2/c1-5-9-13-17-21-23-27-31-35-45(33-29-25-19-15-11-7-3)43-59-51-41-47(57)37-39-49(51)53(55(59)61)54-50-40-38-48(58)42-52(50)60(56(54)62)44-46(34-30-26-20-16-12-8-4)36-32-28-24-22-18-14-10-6-2/h37-42,45-46H,5-36,43-44H2,1-4H3/b54-53+/t45-,46-/m0/s1. The molecule has 2 aliphatic rings. The molecule has 2 aromatic rings. The van der Waals surface area contributed by atoms with Crippen LogP contribution in [0.2, 0.25) is 0 Å². The van der Waals surface area contributed by atoms with Gasteiger partial charge in [-0.1, -0.05) is 251 Å². The smallest absolute Gasteiger partial charge is 0.259 e. The highest BCUT2D eigenvalue weighted by Gasteiger charge is 2.43. The summed E-state index contributed by atoms with van der Waals surface area (Å²) >= 11 is 7.53. The molecule has 0 spiro atoms. The molecule has 0 aliphatic carbocycles. The average molecular weight is 981 g/mol. The van der Waals surface area contributed by atoms with E-state index in [4.69, 9.17) is 0 Å². The van der Waals surface area contributed by atoms with E-state index in [0.717, 1.165) is 57.1 Å². The van der Waals surface area contributed by atoms with Gasteiger partial charge in [-0.05, 0) is 61.8 Å². The molecule has 4 rings (SSSR count). The molecule has 2 atom stereocenters. The molecule has 0 bridgehead atoms. The Balaban J connectivity index is 1.57. The summed E-state index contributed by atoms with van der Waals surface area (Å²) in [7, 11) is 0. The third-order valence-corrected chi connectivity index (χ3v) is 14.9. The van der Waals surface area contributed by atoms with Crippen molar-refractivity contribution in [3.05, 3.63) is 56.5 Å². The van der Waals surface area contributed by atoms with Crippen LogP contribution in [-0.4, -0.2) is 24.9 Å². The van der Waals surface area contributed by atoms with Crippen LogP contribution in [0.25, 0.3) is 11.1 Å². The van der Waals surface area contributed by atoms with Crippen LogP contribution >= 0.6 is 31.9 Å². The Morgan fingerprint density at radius 3 is 0.919 bits per heavy atom. The van der Waals surface area contributed by atoms with Gasteiger partial charge in [0.1, 0.15) is 0 Å². The summed E-state index contributed by atoms with van der Waals surface area (Å²) in [6.07, 6.45) is 41.1. The molecule has 0 saturated carbocycles. The van der Waals surface area contributed by atoms with Crippen LogP contribution in [0.4, 0.5) is 11.4 Å². The van der Waals surface area contributed by atoms with E-state index in [1.165, 1.54) is 180 Å². The minimum atomic E-state index is 0.00334. The predicted octanol–water partition coefficient (Wildman–Crippen LogP) is 18.6. The Morgan fingerprint density at radius 1 is 0.387 bits per heavy atom. The number of hydrogen-bond donors (Lipinski definition) is 0. The lowest BCUT2D eigenvalue weighted by Gasteiger charge is -2.25. The lowest BCUT2D eigenvalue weighted by Crippen LogP contribution is -2.34. The molecule has 0 fully saturated rings. The lowest BCUT2D eigenvalue weighted by molar-refractivity contribution is -0.114. The number of rotatable bonds is 36. The zero-order valence-corrected chi connectivity index (χ0v) is 43.3. The van der Waals surface area contributed by atoms with Crippen LogP contribution < -0.4 is 9.80 Å². The van der Waals surface area contributed by atoms with Crippen LogP contribution in [0.15, 0.2) is 45.3 Å². The molecule has 2 heterocycles. The molecule has 0 radical (unpaired) electrons. The fourth-order valence-corrected chi connectivity index (χ4v) is 10.9. The van der Waals surface area contributed by atoms with Crippen LogP contribution in [-0.2, 0) is 9.59 Å². The first-order valence-corrected chi connectivity index (χ1v) is 27.9. The van der Waals surface area contributed by atoms with E-state index >= 15 is 9.59 Å². The van der Waals surface area contributed by atoms with Crippen LogP contribution in [0.3, 0.4) is 0 Å². The highest BCUT2D eigenvalue weighted by Crippen LogP contribution is 2.48. The first-order chi connectivity index (χ1) is 30.3. The summed E-state index contributed by atoms with van der Waals surface area (Å²) in [5.74, 6) is 0.895. The van der Waals surface area contributed by atoms with Gasteiger partial charge in [-0.25, -0.2) is 0 Å². The van der Waals surface area contributed by atoms with E-state index in [-0.39, 0.29) is 11.8 Å². The first kappa shape index (κ1) is 52.7. The summed E-state index contributed by atoms with van der Waals surface area (Å²) in [5, 5.41) is 0. The second-order valence-corrected chi connectivity index (χ2v) is 21.1. The van der Waals surface area contributed by atoms with Crippen molar-refractivity contribution in [3.63, 3.8) is 0 Å². The van der Waals surface area contributed by atoms with Crippen molar-refractivity contribution in [3.8, 4) is 0 Å². The molecule has 4 nitrogen and oxygen atoms in total. The Kier molecular flexibility index (Phi) is 26.4. The number of fused-ring (bicyclic) bond motifs is 2. The molecule has 348 valence electrons. The normalized spacial score (nSPS) is 15.8. The van der Waals surface area contributed by atoms with Gasteiger partial charge in [0.15, 0.2) is 0 Å². The second kappa shape index (κ2) is 31.1. The molecule has 2 aromatic carbocycles. The third kappa shape index (κ3) is 17.5. The summed E-state index contributed by atoms with van der Waals surface area (Å²) < 4.78 is 1.94. The van der Waals surface area contributed by atoms with Crippen LogP contribution in [0.1, 0.15) is 244 Å². The van der Waals surface area contributed by atoms with Gasteiger partial charge in [-0.15, -0.1) is 0 Å². The molecule has 0 aromatic heterocycles. The number of carbonyl (C=O) groups is 2. The van der Waals surface area contributed by atoms with E-state index < -0.39 is 0 Å². The fourth-order valence-electron chi connectivity index (χ4n) is 10.2.